The minimum atomic E-state index is -0.509. The van der Waals surface area contributed by atoms with Gasteiger partial charge in [0.05, 0.1) is 0 Å². The van der Waals surface area contributed by atoms with Crippen LogP contribution >= 0.6 is 0 Å². The minimum Gasteiger partial charge on any atom is -0.293 e. The molecule has 0 saturated heterocycles. The molecule has 2 rings (SSSR count). The van der Waals surface area contributed by atoms with E-state index in [0.717, 1.165) is 16.8 Å². The maximum Gasteiger partial charge on any atom is 0.265 e. The standard InChI is InChI=1S/C8H8N6O3/c15-5-1-2-7(17)14(13-5)3-6(16)11-8-9-4-10-12-8/h1-2,4H,3H2,(H,13,15)(H2,9,10,11,12,16). The molecule has 0 saturated carbocycles. The fourth-order valence-electron chi connectivity index (χ4n) is 1.16. The van der Waals surface area contributed by atoms with Crippen molar-refractivity contribution in [3.8, 4) is 0 Å². The molecule has 2 heterocycles. The lowest BCUT2D eigenvalue weighted by Crippen LogP contribution is -2.33. The molecule has 9 heteroatoms. The van der Waals surface area contributed by atoms with Gasteiger partial charge in [-0.15, -0.1) is 0 Å². The summed E-state index contributed by atoms with van der Waals surface area (Å²) in [5.74, 6) is -0.341. The molecule has 9 nitrogen and oxygen atoms in total. The minimum absolute atomic E-state index is 0.168. The van der Waals surface area contributed by atoms with Gasteiger partial charge in [0.25, 0.3) is 11.1 Å². The van der Waals surface area contributed by atoms with Crippen LogP contribution in [-0.4, -0.2) is 30.9 Å². The molecule has 1 amide bonds. The summed E-state index contributed by atoms with van der Waals surface area (Å²) in [5, 5.41) is 10.6. The highest BCUT2D eigenvalue weighted by atomic mass is 16.2. The Hall–Kier alpha value is -2.71. The summed E-state index contributed by atoms with van der Waals surface area (Å²) >= 11 is 0. The van der Waals surface area contributed by atoms with Crippen molar-refractivity contribution >= 4 is 11.9 Å². The molecule has 0 spiro atoms. The van der Waals surface area contributed by atoms with Gasteiger partial charge < -0.3 is 0 Å². The third-order valence-electron chi connectivity index (χ3n) is 1.86. The van der Waals surface area contributed by atoms with E-state index >= 15 is 0 Å². The summed E-state index contributed by atoms with van der Waals surface area (Å²) in [5.41, 5.74) is -0.936. The average Bonchev–Trinajstić information content (AvgIpc) is 2.76. The maximum absolute atomic E-state index is 11.5. The molecular weight excluding hydrogens is 228 g/mol. The number of carbonyl (C=O) groups excluding carboxylic acids is 1. The van der Waals surface area contributed by atoms with Crippen LogP contribution in [0.1, 0.15) is 0 Å². The lowest BCUT2D eigenvalue weighted by atomic mass is 10.5. The summed E-state index contributed by atoms with van der Waals surface area (Å²) in [6, 6.07) is 2.17. The third kappa shape index (κ3) is 2.65. The van der Waals surface area contributed by atoms with Crippen molar-refractivity contribution < 1.29 is 4.79 Å². The van der Waals surface area contributed by atoms with Crippen LogP contribution in [0.4, 0.5) is 5.95 Å². The van der Waals surface area contributed by atoms with Gasteiger partial charge in [-0.1, -0.05) is 0 Å². The number of amides is 1. The number of nitrogens with zero attached hydrogens (tertiary/aromatic N) is 3. The van der Waals surface area contributed by atoms with Gasteiger partial charge in [0.2, 0.25) is 11.9 Å². The van der Waals surface area contributed by atoms with E-state index in [2.05, 4.69) is 25.6 Å². The SMILES string of the molecule is O=C(Cn1[nH]c(=O)ccc1=O)Nc1ncn[nH]1. The number of hydrogen-bond donors (Lipinski definition) is 3. The van der Waals surface area contributed by atoms with Gasteiger partial charge >= 0.3 is 0 Å². The lowest BCUT2D eigenvalue weighted by molar-refractivity contribution is -0.117. The predicted octanol–water partition coefficient (Wildman–Crippen LogP) is -1.71. The Bertz CT molecular complexity index is 625. The monoisotopic (exact) mass is 236 g/mol. The Morgan fingerprint density at radius 2 is 2.24 bits per heavy atom. The first-order valence-electron chi connectivity index (χ1n) is 4.60. The molecule has 3 N–H and O–H groups in total. The first kappa shape index (κ1) is 10.8. The quantitative estimate of drug-likeness (QED) is 0.585. The second-order valence-corrected chi connectivity index (χ2v) is 3.12. The number of aromatic amines is 2. The molecule has 0 aliphatic carbocycles. The Balaban J connectivity index is 2.11. The number of aromatic nitrogens is 5. The number of anilines is 1. The van der Waals surface area contributed by atoms with Crippen LogP contribution < -0.4 is 16.4 Å². The molecule has 0 bridgehead atoms. The zero-order valence-corrected chi connectivity index (χ0v) is 8.51. The van der Waals surface area contributed by atoms with E-state index in [1.165, 1.54) is 6.33 Å². The smallest absolute Gasteiger partial charge is 0.265 e. The molecular formula is C8H8N6O3. The van der Waals surface area contributed by atoms with Crippen LogP contribution in [0.25, 0.3) is 0 Å². The highest BCUT2D eigenvalue weighted by molar-refractivity contribution is 5.88. The first-order chi connectivity index (χ1) is 8.15. The summed E-state index contributed by atoms with van der Waals surface area (Å²) in [6.07, 6.45) is 1.23. The van der Waals surface area contributed by atoms with Gasteiger partial charge in [0.15, 0.2) is 0 Å². The van der Waals surface area contributed by atoms with Crippen molar-refractivity contribution in [1.82, 2.24) is 25.0 Å². The fourth-order valence-corrected chi connectivity index (χ4v) is 1.16. The highest BCUT2D eigenvalue weighted by Gasteiger charge is 2.06. The molecule has 0 unspecified atom stereocenters. The van der Waals surface area contributed by atoms with Crippen LogP contribution in [0.3, 0.4) is 0 Å². The summed E-state index contributed by atoms with van der Waals surface area (Å²) in [6.45, 7) is -0.310. The largest absolute Gasteiger partial charge is 0.293 e. The molecule has 2 aromatic heterocycles. The topological polar surface area (TPSA) is 126 Å². The van der Waals surface area contributed by atoms with Crippen LogP contribution in [0, 0.1) is 0 Å². The molecule has 88 valence electrons. The van der Waals surface area contributed by atoms with Gasteiger partial charge in [-0.2, -0.15) is 10.1 Å². The lowest BCUT2D eigenvalue weighted by Gasteiger charge is -2.03. The van der Waals surface area contributed by atoms with Gasteiger partial charge in [-0.25, -0.2) is 9.78 Å². The van der Waals surface area contributed by atoms with Gasteiger partial charge in [0.1, 0.15) is 12.9 Å². The number of nitrogens with one attached hydrogen (secondary N) is 3. The number of carbonyl (C=O) groups is 1. The third-order valence-corrected chi connectivity index (χ3v) is 1.86. The van der Waals surface area contributed by atoms with E-state index in [9.17, 15) is 14.4 Å². The van der Waals surface area contributed by atoms with E-state index in [-0.39, 0.29) is 12.5 Å². The molecule has 0 aliphatic rings. The molecule has 2 aromatic rings. The van der Waals surface area contributed by atoms with Gasteiger partial charge in [0, 0.05) is 12.1 Å². The Kier molecular flexibility index (Phi) is 2.81. The Morgan fingerprint density at radius 3 is 2.94 bits per heavy atom. The second-order valence-electron chi connectivity index (χ2n) is 3.12. The second kappa shape index (κ2) is 4.43. The predicted molar refractivity (Wildman–Crippen MR) is 56.3 cm³/mol. The molecule has 0 aromatic carbocycles. The molecule has 0 aliphatic heterocycles. The van der Waals surface area contributed by atoms with Crippen molar-refractivity contribution in [3.63, 3.8) is 0 Å². The maximum atomic E-state index is 11.5. The van der Waals surface area contributed by atoms with Gasteiger partial charge in [-0.3, -0.25) is 24.8 Å². The zero-order valence-electron chi connectivity index (χ0n) is 8.51. The van der Waals surface area contributed by atoms with Gasteiger partial charge in [-0.05, 0) is 0 Å². The first-order valence-corrected chi connectivity index (χ1v) is 4.60. The zero-order chi connectivity index (χ0) is 12.3. The molecule has 0 atom stereocenters. The molecule has 0 radical (unpaired) electrons. The van der Waals surface area contributed by atoms with E-state index < -0.39 is 17.0 Å². The summed E-state index contributed by atoms with van der Waals surface area (Å²) in [7, 11) is 0. The highest BCUT2D eigenvalue weighted by Crippen LogP contribution is 1.91. The molecule has 0 fully saturated rings. The van der Waals surface area contributed by atoms with Crippen LogP contribution in [0.2, 0.25) is 0 Å². The van der Waals surface area contributed by atoms with E-state index in [4.69, 9.17) is 0 Å². The van der Waals surface area contributed by atoms with Crippen LogP contribution in [0.5, 0.6) is 0 Å². The van der Waals surface area contributed by atoms with Crippen molar-refractivity contribution in [2.24, 2.45) is 0 Å². The van der Waals surface area contributed by atoms with Crippen molar-refractivity contribution in [3.05, 3.63) is 39.2 Å². The van der Waals surface area contributed by atoms with E-state index in [0.29, 0.717) is 0 Å². The molecule has 17 heavy (non-hydrogen) atoms. The average molecular weight is 236 g/mol. The van der Waals surface area contributed by atoms with Crippen LogP contribution in [0.15, 0.2) is 28.0 Å². The Morgan fingerprint density at radius 1 is 1.41 bits per heavy atom. The van der Waals surface area contributed by atoms with E-state index in [1.54, 1.807) is 0 Å². The van der Waals surface area contributed by atoms with Crippen molar-refractivity contribution in [2.45, 2.75) is 6.54 Å². The van der Waals surface area contributed by atoms with Crippen LogP contribution in [-0.2, 0) is 11.3 Å². The fraction of sp³-hybridized carbons (Fsp3) is 0.125. The number of rotatable bonds is 3. The van der Waals surface area contributed by atoms with E-state index in [1.807, 2.05) is 0 Å². The summed E-state index contributed by atoms with van der Waals surface area (Å²) in [4.78, 5) is 37.4. The number of hydrogen-bond acceptors (Lipinski definition) is 5. The van der Waals surface area contributed by atoms with Crippen molar-refractivity contribution in [1.29, 1.82) is 0 Å². The van der Waals surface area contributed by atoms with Crippen molar-refractivity contribution in [2.75, 3.05) is 5.32 Å². The number of H-pyrrole nitrogens is 2. The Labute approximate surface area is 93.5 Å². The summed E-state index contributed by atoms with van der Waals surface area (Å²) < 4.78 is 0.897. The normalized spacial score (nSPS) is 10.1.